The Morgan fingerprint density at radius 2 is 1.95 bits per heavy atom. The van der Waals surface area contributed by atoms with Crippen molar-refractivity contribution in [3.8, 4) is 5.69 Å². The summed E-state index contributed by atoms with van der Waals surface area (Å²) in [6.07, 6.45) is 0. The van der Waals surface area contributed by atoms with E-state index in [1.54, 1.807) is 4.57 Å². The zero-order valence-electron chi connectivity index (χ0n) is 11.8. The van der Waals surface area contributed by atoms with Gasteiger partial charge in [0.25, 0.3) is 5.56 Å². The molecule has 2 heterocycles. The first-order valence-corrected chi connectivity index (χ1v) is 7.53. The zero-order valence-corrected chi connectivity index (χ0v) is 12.6. The van der Waals surface area contributed by atoms with E-state index < -0.39 is 0 Å². The van der Waals surface area contributed by atoms with Gasteiger partial charge in [0.05, 0.1) is 11.1 Å². The SMILES string of the molecule is Cc1ccccc1-n1c(C(C)C)nc2sccc2c1=O. The number of hydrogen-bond acceptors (Lipinski definition) is 3. The molecule has 0 fully saturated rings. The molecule has 4 heteroatoms. The lowest BCUT2D eigenvalue weighted by Gasteiger charge is -2.16. The molecule has 0 aliphatic rings. The van der Waals surface area contributed by atoms with E-state index in [9.17, 15) is 4.79 Å². The molecular weight excluding hydrogens is 268 g/mol. The molecule has 0 atom stereocenters. The first kappa shape index (κ1) is 13.1. The molecule has 2 aromatic heterocycles. The zero-order chi connectivity index (χ0) is 14.3. The third-order valence-electron chi connectivity index (χ3n) is 3.40. The van der Waals surface area contributed by atoms with E-state index >= 15 is 0 Å². The monoisotopic (exact) mass is 284 g/mol. The lowest BCUT2D eigenvalue weighted by molar-refractivity contribution is 0.722. The van der Waals surface area contributed by atoms with Crippen LogP contribution >= 0.6 is 11.3 Å². The average Bonchev–Trinajstić information content (AvgIpc) is 2.88. The van der Waals surface area contributed by atoms with Crippen LogP contribution in [0.2, 0.25) is 0 Å². The predicted octanol–water partition coefficient (Wildman–Crippen LogP) is 3.88. The van der Waals surface area contributed by atoms with E-state index in [-0.39, 0.29) is 11.5 Å². The third kappa shape index (κ3) is 1.96. The van der Waals surface area contributed by atoms with Crippen LogP contribution in [0, 0.1) is 6.92 Å². The maximum Gasteiger partial charge on any atom is 0.266 e. The third-order valence-corrected chi connectivity index (χ3v) is 4.20. The molecule has 20 heavy (non-hydrogen) atoms. The number of aryl methyl sites for hydroxylation is 1. The number of hydrogen-bond donors (Lipinski definition) is 0. The Balaban J connectivity index is 2.44. The quantitative estimate of drug-likeness (QED) is 0.716. The van der Waals surface area contributed by atoms with Gasteiger partial charge in [-0.3, -0.25) is 9.36 Å². The van der Waals surface area contributed by atoms with Gasteiger partial charge in [0, 0.05) is 5.92 Å². The molecule has 0 saturated carbocycles. The number of fused-ring (bicyclic) bond motifs is 1. The van der Waals surface area contributed by atoms with Crippen LogP contribution in [0.1, 0.15) is 31.2 Å². The highest BCUT2D eigenvalue weighted by Crippen LogP contribution is 2.23. The fraction of sp³-hybridized carbons (Fsp3) is 0.250. The van der Waals surface area contributed by atoms with Gasteiger partial charge in [-0.25, -0.2) is 4.98 Å². The first-order chi connectivity index (χ1) is 9.59. The van der Waals surface area contributed by atoms with Crippen molar-refractivity contribution in [1.29, 1.82) is 0 Å². The van der Waals surface area contributed by atoms with Crippen LogP contribution in [0.4, 0.5) is 0 Å². The minimum Gasteiger partial charge on any atom is -0.268 e. The molecule has 0 unspecified atom stereocenters. The van der Waals surface area contributed by atoms with Crippen molar-refractivity contribution in [3.05, 3.63) is 57.5 Å². The highest BCUT2D eigenvalue weighted by molar-refractivity contribution is 7.16. The Bertz CT molecular complexity index is 830. The summed E-state index contributed by atoms with van der Waals surface area (Å²) in [5.74, 6) is 1.01. The summed E-state index contributed by atoms with van der Waals surface area (Å²) in [6.45, 7) is 6.15. The van der Waals surface area contributed by atoms with Crippen molar-refractivity contribution < 1.29 is 0 Å². The van der Waals surface area contributed by atoms with Crippen molar-refractivity contribution in [3.63, 3.8) is 0 Å². The lowest BCUT2D eigenvalue weighted by atomic mass is 10.1. The number of nitrogens with zero attached hydrogens (tertiary/aromatic N) is 2. The van der Waals surface area contributed by atoms with Crippen LogP contribution in [-0.4, -0.2) is 9.55 Å². The summed E-state index contributed by atoms with van der Waals surface area (Å²) in [6, 6.07) is 9.78. The van der Waals surface area contributed by atoms with Gasteiger partial charge in [0.1, 0.15) is 10.7 Å². The summed E-state index contributed by atoms with van der Waals surface area (Å²) in [5.41, 5.74) is 2.02. The van der Waals surface area contributed by atoms with Gasteiger partial charge in [0.15, 0.2) is 0 Å². The maximum atomic E-state index is 12.8. The Hall–Kier alpha value is -1.94. The topological polar surface area (TPSA) is 34.9 Å². The van der Waals surface area contributed by atoms with Crippen LogP contribution < -0.4 is 5.56 Å². The van der Waals surface area contributed by atoms with E-state index in [1.807, 2.05) is 42.6 Å². The van der Waals surface area contributed by atoms with E-state index in [4.69, 9.17) is 4.98 Å². The second-order valence-corrected chi connectivity index (χ2v) is 6.09. The maximum absolute atomic E-state index is 12.8. The molecule has 3 rings (SSSR count). The second-order valence-electron chi connectivity index (χ2n) is 5.19. The van der Waals surface area contributed by atoms with Gasteiger partial charge < -0.3 is 0 Å². The number of thiophene rings is 1. The smallest absolute Gasteiger partial charge is 0.266 e. The average molecular weight is 284 g/mol. The molecular formula is C16H16N2OS. The lowest BCUT2D eigenvalue weighted by Crippen LogP contribution is -2.24. The molecule has 0 spiro atoms. The molecule has 0 saturated heterocycles. The number of para-hydroxylation sites is 1. The Kier molecular flexibility index (Phi) is 3.18. The Morgan fingerprint density at radius 1 is 1.20 bits per heavy atom. The van der Waals surface area contributed by atoms with Crippen molar-refractivity contribution in [1.82, 2.24) is 9.55 Å². The van der Waals surface area contributed by atoms with Gasteiger partial charge in [-0.15, -0.1) is 11.3 Å². The van der Waals surface area contributed by atoms with Crippen molar-refractivity contribution in [2.75, 3.05) is 0 Å². The summed E-state index contributed by atoms with van der Waals surface area (Å²) in [5, 5.41) is 2.62. The van der Waals surface area contributed by atoms with Crippen LogP contribution in [-0.2, 0) is 0 Å². The number of rotatable bonds is 2. The van der Waals surface area contributed by atoms with E-state index in [1.165, 1.54) is 11.3 Å². The molecule has 1 aromatic carbocycles. The van der Waals surface area contributed by atoms with Gasteiger partial charge in [-0.1, -0.05) is 32.0 Å². The largest absolute Gasteiger partial charge is 0.268 e. The van der Waals surface area contributed by atoms with Gasteiger partial charge in [-0.2, -0.15) is 0 Å². The Morgan fingerprint density at radius 3 is 2.65 bits per heavy atom. The number of aromatic nitrogens is 2. The predicted molar refractivity (Wildman–Crippen MR) is 84.0 cm³/mol. The molecule has 0 aliphatic heterocycles. The molecule has 0 bridgehead atoms. The Labute approximate surface area is 121 Å². The van der Waals surface area contributed by atoms with Crippen LogP contribution in [0.5, 0.6) is 0 Å². The minimum atomic E-state index is 0.0225. The van der Waals surface area contributed by atoms with Gasteiger partial charge in [-0.05, 0) is 30.0 Å². The van der Waals surface area contributed by atoms with Crippen molar-refractivity contribution in [2.45, 2.75) is 26.7 Å². The van der Waals surface area contributed by atoms with Crippen LogP contribution in [0.3, 0.4) is 0 Å². The summed E-state index contributed by atoms with van der Waals surface area (Å²) >= 11 is 1.52. The normalized spacial score (nSPS) is 11.4. The highest BCUT2D eigenvalue weighted by Gasteiger charge is 2.16. The summed E-state index contributed by atoms with van der Waals surface area (Å²) < 4.78 is 1.76. The van der Waals surface area contributed by atoms with E-state index in [0.717, 1.165) is 21.9 Å². The summed E-state index contributed by atoms with van der Waals surface area (Å²) in [4.78, 5) is 18.3. The van der Waals surface area contributed by atoms with Gasteiger partial charge >= 0.3 is 0 Å². The van der Waals surface area contributed by atoms with Crippen LogP contribution in [0.25, 0.3) is 15.9 Å². The molecule has 0 amide bonds. The fourth-order valence-electron chi connectivity index (χ4n) is 2.36. The minimum absolute atomic E-state index is 0.0225. The summed E-state index contributed by atoms with van der Waals surface area (Å²) in [7, 11) is 0. The molecule has 3 nitrogen and oxygen atoms in total. The molecule has 0 radical (unpaired) electrons. The molecule has 3 aromatic rings. The first-order valence-electron chi connectivity index (χ1n) is 6.65. The highest BCUT2D eigenvalue weighted by atomic mass is 32.1. The van der Waals surface area contributed by atoms with Crippen molar-refractivity contribution in [2.24, 2.45) is 0 Å². The van der Waals surface area contributed by atoms with E-state index in [2.05, 4.69) is 13.8 Å². The molecule has 0 aliphatic carbocycles. The van der Waals surface area contributed by atoms with Crippen LogP contribution in [0.15, 0.2) is 40.5 Å². The van der Waals surface area contributed by atoms with Gasteiger partial charge in [0.2, 0.25) is 0 Å². The molecule has 0 N–H and O–H groups in total. The number of benzene rings is 1. The van der Waals surface area contributed by atoms with E-state index in [0.29, 0.717) is 5.39 Å². The second kappa shape index (κ2) is 4.87. The van der Waals surface area contributed by atoms with Crippen molar-refractivity contribution >= 4 is 21.6 Å². The fourth-order valence-corrected chi connectivity index (χ4v) is 3.13. The standard InChI is InChI=1S/C16H16N2OS/c1-10(2)14-17-15-12(8-9-20-15)16(19)18(14)13-7-5-4-6-11(13)3/h4-10H,1-3H3. The molecule has 102 valence electrons.